The third kappa shape index (κ3) is 24.4. The summed E-state index contributed by atoms with van der Waals surface area (Å²) in [5.74, 6) is -0.574. The van der Waals surface area contributed by atoms with Crippen LogP contribution in [0.1, 0.15) is 71.1 Å². The number of ether oxygens (including phenoxy) is 1. The van der Waals surface area contributed by atoms with E-state index in [2.05, 4.69) is 23.6 Å². The summed E-state index contributed by atoms with van der Waals surface area (Å²) in [6.07, 6.45) is 12.6. The van der Waals surface area contributed by atoms with E-state index in [9.17, 15) is 23.7 Å². The Bertz CT molecular complexity index is 746. The average molecular weight is 590 g/mol. The van der Waals surface area contributed by atoms with Gasteiger partial charge in [0.2, 0.25) is 0 Å². The van der Waals surface area contributed by atoms with Gasteiger partial charge in [0.1, 0.15) is 19.3 Å². The first-order valence-corrected chi connectivity index (χ1v) is 16.4. The van der Waals surface area contributed by atoms with Crippen LogP contribution in [0.4, 0.5) is 0 Å². The average Bonchev–Trinajstić information content (AvgIpc) is 2.82. The minimum atomic E-state index is -4.45. The molecular weight excluding hydrogens is 538 g/mol. The van der Waals surface area contributed by atoms with Gasteiger partial charge < -0.3 is 24.7 Å². The molecule has 0 aliphatic carbocycles. The van der Waals surface area contributed by atoms with E-state index in [1.165, 1.54) is 12.8 Å². The molecule has 38 heavy (non-hydrogen) atoms. The number of nitrogens with zero attached hydrogens (tertiary/aromatic N) is 1. The van der Waals surface area contributed by atoms with Gasteiger partial charge in [-0.05, 0) is 25.7 Å². The lowest BCUT2D eigenvalue weighted by molar-refractivity contribution is -0.870. The highest BCUT2D eigenvalue weighted by Crippen LogP contribution is 2.45. The number of nitrogens with two attached hydrogens (primary N) is 1. The number of likely N-dealkylation sites (N-methyl/N-ethyl adjacent to an activating group) is 1. The molecule has 0 aliphatic heterocycles. The number of phosphoric ester groups is 2. The highest BCUT2D eigenvalue weighted by Gasteiger charge is 2.29. The van der Waals surface area contributed by atoms with Crippen LogP contribution in [0.15, 0.2) is 12.2 Å². The van der Waals surface area contributed by atoms with Crippen LogP contribution in [0.3, 0.4) is 0 Å². The number of carbonyl (C=O) groups is 1. The Morgan fingerprint density at radius 2 is 1.37 bits per heavy atom. The van der Waals surface area contributed by atoms with E-state index in [0.29, 0.717) is 17.4 Å². The summed E-state index contributed by atoms with van der Waals surface area (Å²) in [5.41, 5.74) is 5.25. The minimum Gasteiger partial charge on any atom is -0.457 e. The van der Waals surface area contributed by atoms with Crippen molar-refractivity contribution in [3.63, 3.8) is 0 Å². The van der Waals surface area contributed by atoms with Gasteiger partial charge in [-0.3, -0.25) is 22.9 Å². The van der Waals surface area contributed by atoms with Crippen molar-refractivity contribution in [1.82, 2.24) is 0 Å². The second-order valence-electron chi connectivity index (χ2n) is 10.0. The van der Waals surface area contributed by atoms with E-state index in [0.717, 1.165) is 38.5 Å². The molecule has 0 saturated heterocycles. The summed E-state index contributed by atoms with van der Waals surface area (Å²) in [7, 11) is -3.21. The fourth-order valence-electron chi connectivity index (χ4n) is 3.01. The lowest BCUT2D eigenvalue weighted by atomic mass is 10.1. The third-order valence-corrected chi connectivity index (χ3v) is 7.15. The van der Waals surface area contributed by atoms with Crippen molar-refractivity contribution < 1.29 is 51.0 Å². The van der Waals surface area contributed by atoms with Gasteiger partial charge >= 0.3 is 21.6 Å². The molecular formula is C24H51N2O10P2+. The monoisotopic (exact) mass is 589 g/mol. The highest BCUT2D eigenvalue weighted by molar-refractivity contribution is 7.47. The van der Waals surface area contributed by atoms with Gasteiger partial charge in [-0.2, -0.15) is 0 Å². The number of unbranched alkanes of at least 4 members (excludes halogenated alkanes) is 7. The first-order chi connectivity index (χ1) is 17.8. The SMILES string of the molecule is CCCCC=CCCCCCCCC(=O)O[C@@H](COP(=O)(O)OCCN)COP(=O)(O)OCC[N+](C)(C)C. The minimum absolute atomic E-state index is 0.00338. The number of allylic oxidation sites excluding steroid dienone is 2. The van der Waals surface area contributed by atoms with E-state index in [4.69, 9.17) is 24.0 Å². The standard InChI is InChI=1S/C24H50N2O10P2/c1-5-6-7-8-9-10-11-12-13-14-15-16-24(27)36-23(21-34-37(28,29)32-19-17-25)22-35-38(30,31)33-20-18-26(2,3)4/h8-9,23H,5-7,10-22,25H2,1-4H3,(H-,28,29,30,31)/p+1/t23-/m0/s1. The third-order valence-electron chi connectivity index (χ3n) is 5.18. The fraction of sp³-hybridized carbons (Fsp3) is 0.875. The summed E-state index contributed by atoms with van der Waals surface area (Å²) >= 11 is 0. The Morgan fingerprint density at radius 1 is 0.842 bits per heavy atom. The molecule has 0 amide bonds. The number of carbonyl (C=O) groups excluding carboxylic acids is 1. The Morgan fingerprint density at radius 3 is 1.92 bits per heavy atom. The molecule has 0 bridgehead atoms. The van der Waals surface area contributed by atoms with Crippen molar-refractivity contribution in [2.45, 2.75) is 77.2 Å². The summed E-state index contributed by atoms with van der Waals surface area (Å²) in [4.78, 5) is 32.0. The molecule has 4 N–H and O–H groups in total. The first-order valence-electron chi connectivity index (χ1n) is 13.4. The van der Waals surface area contributed by atoms with Gasteiger partial charge in [0, 0.05) is 13.0 Å². The number of hydrogen-bond acceptors (Lipinski definition) is 9. The molecule has 226 valence electrons. The van der Waals surface area contributed by atoms with Crippen molar-refractivity contribution >= 4 is 21.6 Å². The Balaban J connectivity index is 4.58. The van der Waals surface area contributed by atoms with Gasteiger partial charge in [0.25, 0.3) is 0 Å². The van der Waals surface area contributed by atoms with Crippen LogP contribution >= 0.6 is 15.6 Å². The van der Waals surface area contributed by atoms with Crippen LogP contribution in [-0.4, -0.2) is 87.0 Å². The molecule has 3 atom stereocenters. The van der Waals surface area contributed by atoms with Crippen molar-refractivity contribution in [3.8, 4) is 0 Å². The smallest absolute Gasteiger partial charge is 0.457 e. The lowest BCUT2D eigenvalue weighted by Gasteiger charge is -2.24. The topological polar surface area (TPSA) is 164 Å². The Labute approximate surface area is 228 Å². The molecule has 0 aromatic carbocycles. The predicted molar refractivity (Wildman–Crippen MR) is 146 cm³/mol. The van der Waals surface area contributed by atoms with Crippen LogP contribution in [0.5, 0.6) is 0 Å². The Kier molecular flexibility index (Phi) is 20.8. The van der Waals surface area contributed by atoms with E-state index in [-0.39, 0.29) is 26.2 Å². The Hall–Kier alpha value is -0.650. The van der Waals surface area contributed by atoms with Crippen LogP contribution < -0.4 is 5.73 Å². The van der Waals surface area contributed by atoms with Gasteiger partial charge in [-0.25, -0.2) is 9.13 Å². The van der Waals surface area contributed by atoms with Gasteiger partial charge in [0.05, 0.1) is 41.0 Å². The van der Waals surface area contributed by atoms with Crippen molar-refractivity contribution in [2.24, 2.45) is 5.73 Å². The molecule has 2 unspecified atom stereocenters. The van der Waals surface area contributed by atoms with Gasteiger partial charge in [0.15, 0.2) is 0 Å². The zero-order valence-electron chi connectivity index (χ0n) is 23.6. The molecule has 0 rings (SSSR count). The normalized spacial score (nSPS) is 16.3. The molecule has 0 aromatic rings. The fourth-order valence-corrected chi connectivity index (χ4v) is 4.51. The summed E-state index contributed by atoms with van der Waals surface area (Å²) in [5, 5.41) is 0. The molecule has 0 aliphatic rings. The molecule has 14 heteroatoms. The van der Waals surface area contributed by atoms with Crippen LogP contribution in [0.25, 0.3) is 0 Å². The number of phosphoric acid groups is 2. The number of quaternary nitrogens is 1. The largest absolute Gasteiger partial charge is 0.472 e. The van der Waals surface area contributed by atoms with Crippen LogP contribution in [0, 0.1) is 0 Å². The summed E-state index contributed by atoms with van der Waals surface area (Å²) < 4.78 is 49.3. The summed E-state index contributed by atoms with van der Waals surface area (Å²) in [6, 6.07) is 0. The maximum absolute atomic E-state index is 12.3. The zero-order valence-corrected chi connectivity index (χ0v) is 25.4. The van der Waals surface area contributed by atoms with Crippen LogP contribution in [-0.2, 0) is 36.8 Å². The molecule has 0 fully saturated rings. The number of hydrogen-bond donors (Lipinski definition) is 3. The first kappa shape index (κ1) is 37.4. The van der Waals surface area contributed by atoms with Crippen LogP contribution in [0.2, 0.25) is 0 Å². The zero-order chi connectivity index (χ0) is 28.9. The van der Waals surface area contributed by atoms with Crippen molar-refractivity contribution in [3.05, 3.63) is 12.2 Å². The highest BCUT2D eigenvalue weighted by atomic mass is 31.2. The van der Waals surface area contributed by atoms with Crippen molar-refractivity contribution in [1.29, 1.82) is 0 Å². The van der Waals surface area contributed by atoms with E-state index < -0.39 is 40.9 Å². The van der Waals surface area contributed by atoms with E-state index in [1.54, 1.807) is 0 Å². The molecule has 0 saturated carbocycles. The molecule has 0 spiro atoms. The molecule has 0 aromatic heterocycles. The molecule has 0 radical (unpaired) electrons. The van der Waals surface area contributed by atoms with Gasteiger partial charge in [-0.15, -0.1) is 0 Å². The van der Waals surface area contributed by atoms with E-state index in [1.807, 2.05) is 21.1 Å². The molecule has 12 nitrogen and oxygen atoms in total. The maximum atomic E-state index is 12.3. The predicted octanol–water partition coefficient (Wildman–Crippen LogP) is 4.31. The van der Waals surface area contributed by atoms with E-state index >= 15 is 0 Å². The van der Waals surface area contributed by atoms with Gasteiger partial charge in [-0.1, -0.05) is 51.2 Å². The second kappa shape index (κ2) is 21.1. The summed E-state index contributed by atoms with van der Waals surface area (Å²) in [6.45, 7) is 1.22. The quantitative estimate of drug-likeness (QED) is 0.0457. The second-order valence-corrected chi connectivity index (χ2v) is 12.9. The number of esters is 1. The maximum Gasteiger partial charge on any atom is 0.472 e. The van der Waals surface area contributed by atoms with Crippen molar-refractivity contribution in [2.75, 3.05) is 60.7 Å². The molecule has 0 heterocycles. The lowest BCUT2D eigenvalue weighted by Crippen LogP contribution is -2.37. The number of rotatable bonds is 25.